The number of rotatable bonds is 5. The van der Waals surface area contributed by atoms with Gasteiger partial charge in [0.2, 0.25) is 5.91 Å². The molecular weight excluding hydrogens is 364 g/mol. The summed E-state index contributed by atoms with van der Waals surface area (Å²) in [5.41, 5.74) is 0.0320. The average Bonchev–Trinajstić information content (AvgIpc) is 2.55. The summed E-state index contributed by atoms with van der Waals surface area (Å²) < 4.78 is 0. The molecule has 154 valence electrons. The summed E-state index contributed by atoms with van der Waals surface area (Å²) >= 11 is 0. The zero-order valence-electron chi connectivity index (χ0n) is 16.4. The molecule has 0 aromatic carbocycles. The molecule has 0 spiro atoms. The third-order valence-electron chi connectivity index (χ3n) is 7.16. The minimum atomic E-state index is -0.0903. The Hall–Kier alpha value is -1.01. The summed E-state index contributed by atoms with van der Waals surface area (Å²) in [6.07, 6.45) is 10.0. The van der Waals surface area contributed by atoms with E-state index in [4.69, 9.17) is 0 Å². The van der Waals surface area contributed by atoms with E-state index in [-0.39, 0.29) is 35.9 Å². The van der Waals surface area contributed by atoms with Crippen molar-refractivity contribution in [2.45, 2.75) is 82.3 Å². The number of urea groups is 1. The van der Waals surface area contributed by atoms with E-state index in [0.29, 0.717) is 19.0 Å². The minimum Gasteiger partial charge on any atom is -0.352 e. The van der Waals surface area contributed by atoms with E-state index in [1.807, 2.05) is 0 Å². The molecule has 4 bridgehead atoms. The van der Waals surface area contributed by atoms with Crippen LogP contribution in [0.2, 0.25) is 0 Å². The van der Waals surface area contributed by atoms with Crippen molar-refractivity contribution in [3.05, 3.63) is 0 Å². The number of piperidine rings is 1. The predicted octanol–water partition coefficient (Wildman–Crippen LogP) is 2.32. The number of carbonyl (C=O) groups excluding carboxylic acids is 2. The fourth-order valence-electron chi connectivity index (χ4n) is 6.36. The molecule has 0 aromatic rings. The van der Waals surface area contributed by atoms with Crippen LogP contribution < -0.4 is 21.3 Å². The zero-order valence-corrected chi connectivity index (χ0v) is 17.2. The van der Waals surface area contributed by atoms with Crippen molar-refractivity contribution in [2.75, 3.05) is 13.1 Å². The van der Waals surface area contributed by atoms with Gasteiger partial charge in [0.25, 0.3) is 0 Å². The Morgan fingerprint density at radius 2 is 1.70 bits per heavy atom. The zero-order chi connectivity index (χ0) is 18.1. The molecule has 0 aromatic heterocycles. The van der Waals surface area contributed by atoms with E-state index in [1.165, 1.54) is 19.3 Å². The van der Waals surface area contributed by atoms with Crippen molar-refractivity contribution < 1.29 is 9.59 Å². The molecule has 4 N–H and O–H groups in total. The molecule has 1 heterocycles. The minimum absolute atomic E-state index is 0. The largest absolute Gasteiger partial charge is 0.352 e. The van der Waals surface area contributed by atoms with Gasteiger partial charge in [0.05, 0.1) is 0 Å². The second kappa shape index (κ2) is 8.56. The lowest BCUT2D eigenvalue weighted by atomic mass is 9.53. The van der Waals surface area contributed by atoms with Crippen LogP contribution in [0.5, 0.6) is 0 Å². The molecule has 4 aliphatic carbocycles. The Kier molecular flexibility index (Phi) is 6.57. The van der Waals surface area contributed by atoms with Gasteiger partial charge in [0.15, 0.2) is 0 Å². The molecule has 27 heavy (non-hydrogen) atoms. The maximum Gasteiger partial charge on any atom is 0.315 e. The van der Waals surface area contributed by atoms with E-state index in [0.717, 1.165) is 56.4 Å². The maximum atomic E-state index is 12.4. The molecule has 0 radical (unpaired) electrons. The van der Waals surface area contributed by atoms with Gasteiger partial charge in [-0.15, -0.1) is 12.4 Å². The first-order valence-corrected chi connectivity index (χ1v) is 10.6. The van der Waals surface area contributed by atoms with Gasteiger partial charge in [-0.3, -0.25) is 4.79 Å². The highest BCUT2D eigenvalue weighted by Gasteiger charge is 2.51. The second-order valence-corrected chi connectivity index (χ2v) is 9.39. The topological polar surface area (TPSA) is 82.3 Å². The van der Waals surface area contributed by atoms with Crippen molar-refractivity contribution in [3.8, 4) is 0 Å². The van der Waals surface area contributed by atoms with Crippen LogP contribution in [0.4, 0.5) is 4.79 Å². The highest BCUT2D eigenvalue weighted by Crippen LogP contribution is 2.55. The van der Waals surface area contributed by atoms with Crippen LogP contribution in [0.1, 0.15) is 64.7 Å². The smallest absolute Gasteiger partial charge is 0.315 e. The van der Waals surface area contributed by atoms with E-state index in [9.17, 15) is 9.59 Å². The third kappa shape index (κ3) is 4.89. The lowest BCUT2D eigenvalue weighted by Crippen LogP contribution is -2.61. The third-order valence-corrected chi connectivity index (χ3v) is 7.16. The van der Waals surface area contributed by atoms with E-state index in [2.05, 4.69) is 28.2 Å². The Labute approximate surface area is 168 Å². The van der Waals surface area contributed by atoms with Crippen LogP contribution in [0.15, 0.2) is 0 Å². The fraction of sp³-hybridized carbons (Fsp3) is 0.900. The maximum absolute atomic E-state index is 12.4. The molecule has 5 fully saturated rings. The van der Waals surface area contributed by atoms with Crippen LogP contribution in [-0.4, -0.2) is 42.7 Å². The monoisotopic (exact) mass is 398 g/mol. The lowest BCUT2D eigenvalue weighted by Gasteiger charge is -2.56. The molecule has 1 aliphatic heterocycles. The van der Waals surface area contributed by atoms with Gasteiger partial charge in [-0.2, -0.15) is 0 Å². The Morgan fingerprint density at radius 3 is 2.30 bits per heavy atom. The van der Waals surface area contributed by atoms with Gasteiger partial charge in [-0.05, 0) is 82.6 Å². The normalized spacial score (nSPS) is 39.4. The van der Waals surface area contributed by atoms with Crippen molar-refractivity contribution in [3.63, 3.8) is 0 Å². The molecule has 5 rings (SSSR count). The van der Waals surface area contributed by atoms with Gasteiger partial charge in [-0.1, -0.05) is 0 Å². The van der Waals surface area contributed by atoms with E-state index in [1.54, 1.807) is 0 Å². The number of nitrogens with one attached hydrogen (secondary N) is 4. The molecule has 6 nitrogen and oxygen atoms in total. The quantitative estimate of drug-likeness (QED) is 0.573. The second-order valence-electron chi connectivity index (χ2n) is 9.39. The molecule has 2 atom stereocenters. The van der Waals surface area contributed by atoms with Crippen molar-refractivity contribution in [1.82, 2.24) is 21.3 Å². The highest BCUT2D eigenvalue weighted by molar-refractivity contribution is 5.85. The number of hydrogen-bond donors (Lipinski definition) is 4. The lowest BCUT2D eigenvalue weighted by molar-refractivity contribution is -0.122. The summed E-state index contributed by atoms with van der Waals surface area (Å²) in [6, 6.07) is 0.435. The summed E-state index contributed by atoms with van der Waals surface area (Å²) in [5, 5.41) is 12.7. The summed E-state index contributed by atoms with van der Waals surface area (Å²) in [6.45, 7) is 3.54. The van der Waals surface area contributed by atoms with E-state index < -0.39 is 0 Å². The Morgan fingerprint density at radius 1 is 1.07 bits per heavy atom. The SMILES string of the molecule is CC1NCCCC1NC(=O)CCNC(=O)NC12CC3CC(CC(C3)C1)C2.Cl. The molecule has 2 unspecified atom stereocenters. The van der Waals surface area contributed by atoms with Gasteiger partial charge in [0, 0.05) is 30.6 Å². The molecule has 4 saturated carbocycles. The summed E-state index contributed by atoms with van der Waals surface area (Å²) in [7, 11) is 0. The number of amides is 3. The first-order valence-electron chi connectivity index (χ1n) is 10.6. The first kappa shape index (κ1) is 20.7. The molecule has 1 saturated heterocycles. The molecule has 7 heteroatoms. The molecular formula is C20H35ClN4O2. The predicted molar refractivity (Wildman–Crippen MR) is 108 cm³/mol. The van der Waals surface area contributed by atoms with Crippen LogP contribution in [0, 0.1) is 17.8 Å². The average molecular weight is 399 g/mol. The summed E-state index contributed by atoms with van der Waals surface area (Å²) in [5.74, 6) is 2.48. The van der Waals surface area contributed by atoms with Crippen LogP contribution >= 0.6 is 12.4 Å². The Balaban J connectivity index is 0.00000210. The van der Waals surface area contributed by atoms with Gasteiger partial charge >= 0.3 is 6.03 Å². The van der Waals surface area contributed by atoms with Crippen molar-refractivity contribution in [2.24, 2.45) is 17.8 Å². The van der Waals surface area contributed by atoms with Crippen LogP contribution in [0.3, 0.4) is 0 Å². The fourth-order valence-corrected chi connectivity index (χ4v) is 6.36. The standard InChI is InChI=1S/C20H34N4O2.ClH/c1-13-17(3-2-5-21-13)23-18(25)4-6-22-19(26)24-20-10-14-7-15(11-20)9-16(8-14)12-20;/h13-17,21H,2-12H2,1H3,(H,23,25)(H2,22,24,26);1H. The summed E-state index contributed by atoms with van der Waals surface area (Å²) in [4.78, 5) is 24.5. The highest BCUT2D eigenvalue weighted by atomic mass is 35.5. The number of halogens is 1. The molecule has 5 aliphatic rings. The first-order chi connectivity index (χ1) is 12.5. The Bertz CT molecular complexity index is 521. The van der Waals surface area contributed by atoms with Crippen LogP contribution in [0.25, 0.3) is 0 Å². The van der Waals surface area contributed by atoms with Crippen molar-refractivity contribution >= 4 is 24.3 Å². The van der Waals surface area contributed by atoms with Gasteiger partial charge in [0.1, 0.15) is 0 Å². The molecule has 3 amide bonds. The van der Waals surface area contributed by atoms with Gasteiger partial charge in [-0.25, -0.2) is 4.79 Å². The van der Waals surface area contributed by atoms with E-state index >= 15 is 0 Å². The number of hydrogen-bond acceptors (Lipinski definition) is 3. The van der Waals surface area contributed by atoms with Crippen molar-refractivity contribution in [1.29, 1.82) is 0 Å². The van der Waals surface area contributed by atoms with Gasteiger partial charge < -0.3 is 21.3 Å². The number of carbonyl (C=O) groups is 2. The van der Waals surface area contributed by atoms with Crippen LogP contribution in [-0.2, 0) is 4.79 Å².